The van der Waals surface area contributed by atoms with Gasteiger partial charge in [0.15, 0.2) is 5.16 Å². The summed E-state index contributed by atoms with van der Waals surface area (Å²) in [5.41, 5.74) is 1.93. The van der Waals surface area contributed by atoms with Gasteiger partial charge in [0.05, 0.1) is 25.4 Å². The zero-order valence-corrected chi connectivity index (χ0v) is 19.3. The van der Waals surface area contributed by atoms with Crippen molar-refractivity contribution in [2.75, 3.05) is 25.5 Å². The zero-order valence-electron chi connectivity index (χ0n) is 18.5. The summed E-state index contributed by atoms with van der Waals surface area (Å²) in [6, 6.07) is 17.6. The highest BCUT2D eigenvalue weighted by Gasteiger charge is 2.22. The minimum absolute atomic E-state index is 0.0736. The molecule has 4 rings (SSSR count). The molecule has 1 aliphatic heterocycles. The fourth-order valence-corrected chi connectivity index (χ4v) is 4.59. The Bertz CT molecular complexity index is 1020. The van der Waals surface area contributed by atoms with E-state index < -0.39 is 0 Å². The molecule has 32 heavy (non-hydrogen) atoms. The number of benzene rings is 2. The summed E-state index contributed by atoms with van der Waals surface area (Å²) >= 11 is 1.44. The second kappa shape index (κ2) is 10.7. The zero-order chi connectivity index (χ0) is 22.3. The molecule has 0 aliphatic carbocycles. The van der Waals surface area contributed by atoms with Crippen molar-refractivity contribution in [3.8, 4) is 5.75 Å². The quantitative estimate of drug-likeness (QED) is 0.495. The highest BCUT2D eigenvalue weighted by Crippen LogP contribution is 2.26. The van der Waals surface area contributed by atoms with E-state index in [2.05, 4.69) is 37.1 Å². The number of carbonyl (C=O) groups is 1. The van der Waals surface area contributed by atoms with E-state index in [4.69, 9.17) is 4.74 Å². The molecule has 0 saturated carbocycles. The third-order valence-electron chi connectivity index (χ3n) is 5.55. The van der Waals surface area contributed by atoms with Crippen molar-refractivity contribution in [3.63, 3.8) is 0 Å². The maximum absolute atomic E-state index is 12.8. The molecule has 1 aliphatic rings. The molecule has 2 heterocycles. The number of ether oxygens (including phenoxy) is 1. The third kappa shape index (κ3) is 5.69. The molecule has 168 valence electrons. The average Bonchev–Trinajstić information content (AvgIpc) is 3.46. The molecule has 7 nitrogen and oxygen atoms in total. The first-order chi connectivity index (χ1) is 15.6. The van der Waals surface area contributed by atoms with E-state index in [-0.39, 0.29) is 11.2 Å². The summed E-state index contributed by atoms with van der Waals surface area (Å²) in [6.07, 6.45) is 2.47. The van der Waals surface area contributed by atoms with Crippen molar-refractivity contribution in [1.82, 2.24) is 19.7 Å². The lowest BCUT2D eigenvalue weighted by Gasteiger charge is -2.17. The van der Waals surface area contributed by atoms with Gasteiger partial charge in [-0.25, -0.2) is 0 Å². The standard InChI is InChI=1S/C24H29N5O2S/c1-18(23(30)25-20-10-12-21(31-2)13-11-20)32-24-27-26-22(17-28-14-6-7-15-28)29(24)16-19-8-4-3-5-9-19/h3-5,8-13,18H,6-7,14-17H2,1-2H3,(H,25,30). The fourth-order valence-electron chi connectivity index (χ4n) is 3.72. The Hall–Kier alpha value is -2.84. The van der Waals surface area contributed by atoms with Crippen LogP contribution in [0.5, 0.6) is 5.75 Å². The number of methoxy groups -OCH3 is 1. The van der Waals surface area contributed by atoms with E-state index in [0.717, 1.165) is 42.1 Å². The van der Waals surface area contributed by atoms with Crippen LogP contribution in [0.2, 0.25) is 0 Å². The number of anilines is 1. The van der Waals surface area contributed by atoms with Gasteiger partial charge in [-0.3, -0.25) is 9.69 Å². The van der Waals surface area contributed by atoms with Gasteiger partial charge in [0.2, 0.25) is 5.91 Å². The van der Waals surface area contributed by atoms with Gasteiger partial charge < -0.3 is 14.6 Å². The van der Waals surface area contributed by atoms with E-state index in [1.54, 1.807) is 7.11 Å². The maximum Gasteiger partial charge on any atom is 0.237 e. The van der Waals surface area contributed by atoms with Crippen molar-refractivity contribution in [1.29, 1.82) is 0 Å². The number of amides is 1. The molecule has 1 atom stereocenters. The van der Waals surface area contributed by atoms with Crippen LogP contribution in [0, 0.1) is 0 Å². The summed E-state index contributed by atoms with van der Waals surface area (Å²) in [7, 11) is 1.62. The number of hydrogen-bond donors (Lipinski definition) is 1. The highest BCUT2D eigenvalue weighted by molar-refractivity contribution is 8.00. The lowest BCUT2D eigenvalue weighted by molar-refractivity contribution is -0.115. The van der Waals surface area contributed by atoms with Crippen LogP contribution >= 0.6 is 11.8 Å². The van der Waals surface area contributed by atoms with Crippen molar-refractivity contribution >= 4 is 23.4 Å². The monoisotopic (exact) mass is 451 g/mol. The van der Waals surface area contributed by atoms with Crippen LogP contribution in [0.3, 0.4) is 0 Å². The summed E-state index contributed by atoms with van der Waals surface area (Å²) in [4.78, 5) is 15.2. The Morgan fingerprint density at radius 1 is 1.06 bits per heavy atom. The Balaban J connectivity index is 1.48. The van der Waals surface area contributed by atoms with Crippen LogP contribution in [0.1, 0.15) is 31.2 Å². The van der Waals surface area contributed by atoms with Crippen molar-refractivity contribution in [2.24, 2.45) is 0 Å². The molecule has 0 spiro atoms. The molecule has 8 heteroatoms. The predicted molar refractivity (Wildman–Crippen MR) is 127 cm³/mol. The van der Waals surface area contributed by atoms with E-state index in [1.165, 1.54) is 30.2 Å². The van der Waals surface area contributed by atoms with Gasteiger partial charge in [0, 0.05) is 5.69 Å². The van der Waals surface area contributed by atoms with Crippen LogP contribution in [0.25, 0.3) is 0 Å². The molecule has 1 saturated heterocycles. The molecular formula is C24H29N5O2S. The smallest absolute Gasteiger partial charge is 0.237 e. The van der Waals surface area contributed by atoms with Crippen LogP contribution in [-0.4, -0.2) is 51.0 Å². The van der Waals surface area contributed by atoms with E-state index in [9.17, 15) is 4.79 Å². The molecule has 0 radical (unpaired) electrons. The number of thioether (sulfide) groups is 1. The van der Waals surface area contributed by atoms with E-state index >= 15 is 0 Å². The molecule has 1 unspecified atom stereocenters. The van der Waals surface area contributed by atoms with Gasteiger partial charge in [0.25, 0.3) is 0 Å². The molecule has 2 aromatic carbocycles. The average molecular weight is 452 g/mol. The van der Waals surface area contributed by atoms with Gasteiger partial charge in [-0.05, 0) is 62.7 Å². The van der Waals surface area contributed by atoms with Crippen LogP contribution in [0.15, 0.2) is 59.8 Å². The van der Waals surface area contributed by atoms with Crippen LogP contribution in [0.4, 0.5) is 5.69 Å². The Kier molecular flexibility index (Phi) is 7.44. The molecule has 1 N–H and O–H groups in total. The number of aromatic nitrogens is 3. The second-order valence-corrected chi connectivity index (χ2v) is 9.24. The summed E-state index contributed by atoms with van der Waals surface area (Å²) in [6.45, 7) is 5.56. The van der Waals surface area contributed by atoms with Crippen molar-refractivity contribution in [2.45, 2.75) is 43.3 Å². The molecule has 1 amide bonds. The minimum atomic E-state index is -0.324. The molecule has 0 bridgehead atoms. The normalized spacial score (nSPS) is 14.9. The topological polar surface area (TPSA) is 72.3 Å². The SMILES string of the molecule is COc1ccc(NC(=O)C(C)Sc2nnc(CN3CCCC3)n2Cc2ccccc2)cc1. The summed E-state index contributed by atoms with van der Waals surface area (Å²) in [5, 5.41) is 12.4. The largest absolute Gasteiger partial charge is 0.497 e. The fraction of sp³-hybridized carbons (Fsp3) is 0.375. The third-order valence-corrected chi connectivity index (χ3v) is 6.63. The first kappa shape index (κ1) is 22.4. The second-order valence-electron chi connectivity index (χ2n) is 7.93. The molecule has 1 aromatic heterocycles. The van der Waals surface area contributed by atoms with Crippen molar-refractivity contribution < 1.29 is 9.53 Å². The van der Waals surface area contributed by atoms with Crippen molar-refractivity contribution in [3.05, 3.63) is 66.0 Å². The van der Waals surface area contributed by atoms with Gasteiger partial charge in [0.1, 0.15) is 11.6 Å². The molecular weight excluding hydrogens is 422 g/mol. The summed E-state index contributed by atoms with van der Waals surface area (Å²) < 4.78 is 7.32. The highest BCUT2D eigenvalue weighted by atomic mass is 32.2. The van der Waals surface area contributed by atoms with Gasteiger partial charge >= 0.3 is 0 Å². The number of nitrogens with zero attached hydrogens (tertiary/aromatic N) is 4. The molecule has 1 fully saturated rings. The van der Waals surface area contributed by atoms with E-state index in [1.807, 2.05) is 49.4 Å². The Morgan fingerprint density at radius 2 is 1.78 bits per heavy atom. The first-order valence-corrected chi connectivity index (χ1v) is 11.8. The van der Waals surface area contributed by atoms with Gasteiger partial charge in [-0.15, -0.1) is 10.2 Å². The number of carbonyl (C=O) groups excluding carboxylic acids is 1. The van der Waals surface area contributed by atoms with Crippen LogP contribution < -0.4 is 10.1 Å². The first-order valence-electron chi connectivity index (χ1n) is 10.9. The van der Waals surface area contributed by atoms with Gasteiger partial charge in [-0.2, -0.15) is 0 Å². The lowest BCUT2D eigenvalue weighted by Crippen LogP contribution is -2.24. The number of rotatable bonds is 9. The predicted octanol–water partition coefficient (Wildman–Crippen LogP) is 4.05. The van der Waals surface area contributed by atoms with E-state index in [0.29, 0.717) is 6.54 Å². The number of nitrogens with one attached hydrogen (secondary N) is 1. The maximum atomic E-state index is 12.8. The number of hydrogen-bond acceptors (Lipinski definition) is 6. The van der Waals surface area contributed by atoms with Crippen LogP contribution in [-0.2, 0) is 17.9 Å². The minimum Gasteiger partial charge on any atom is -0.497 e. The van der Waals surface area contributed by atoms with Gasteiger partial charge in [-0.1, -0.05) is 42.1 Å². The summed E-state index contributed by atoms with van der Waals surface area (Å²) in [5.74, 6) is 1.63. The Labute approximate surface area is 193 Å². The number of likely N-dealkylation sites (tertiary alicyclic amines) is 1. The lowest BCUT2D eigenvalue weighted by atomic mass is 10.2. The Morgan fingerprint density at radius 3 is 2.47 bits per heavy atom. The molecule has 3 aromatic rings.